The largest absolute Gasteiger partial charge is 0.461 e. The Bertz CT molecular complexity index is 536. The van der Waals surface area contributed by atoms with Crippen LogP contribution < -0.4 is 11.1 Å². The molecular formula is C15H22N2O2. The van der Waals surface area contributed by atoms with E-state index in [4.69, 9.17) is 15.3 Å². The Morgan fingerprint density at radius 3 is 2.79 bits per heavy atom. The number of fused-ring (bicyclic) bond motifs is 1. The van der Waals surface area contributed by atoms with Crippen LogP contribution in [-0.2, 0) is 0 Å². The van der Waals surface area contributed by atoms with E-state index in [0.29, 0.717) is 13.0 Å². The minimum atomic E-state index is 0.0465. The van der Waals surface area contributed by atoms with Crippen molar-refractivity contribution < 1.29 is 9.52 Å². The fraction of sp³-hybridized carbons (Fsp3) is 0.467. The van der Waals surface area contributed by atoms with Crippen molar-refractivity contribution in [1.29, 1.82) is 0 Å². The van der Waals surface area contributed by atoms with Crippen LogP contribution >= 0.6 is 0 Å². The lowest BCUT2D eigenvalue weighted by molar-refractivity contribution is 0.263. The highest BCUT2D eigenvalue weighted by Gasteiger charge is 2.20. The van der Waals surface area contributed by atoms with E-state index in [2.05, 4.69) is 18.3 Å². The minimum absolute atomic E-state index is 0.0465. The molecule has 0 radical (unpaired) electrons. The second-order valence-electron chi connectivity index (χ2n) is 4.94. The number of para-hydroxylation sites is 1. The average Bonchev–Trinajstić information content (AvgIpc) is 2.72. The number of hydrogen-bond acceptors (Lipinski definition) is 4. The molecule has 0 bridgehead atoms. The molecule has 0 aliphatic heterocycles. The number of furan rings is 1. The van der Waals surface area contributed by atoms with Crippen LogP contribution in [0.4, 0.5) is 0 Å². The fourth-order valence-corrected chi connectivity index (χ4v) is 2.51. The van der Waals surface area contributed by atoms with Gasteiger partial charge < -0.3 is 20.6 Å². The van der Waals surface area contributed by atoms with Crippen LogP contribution in [0, 0.1) is 6.92 Å². The van der Waals surface area contributed by atoms with Gasteiger partial charge in [-0.2, -0.15) is 0 Å². The van der Waals surface area contributed by atoms with E-state index in [1.54, 1.807) is 0 Å². The maximum Gasteiger partial charge on any atom is 0.134 e. The van der Waals surface area contributed by atoms with Crippen molar-refractivity contribution >= 4 is 11.0 Å². The Balaban J connectivity index is 2.32. The van der Waals surface area contributed by atoms with E-state index >= 15 is 0 Å². The number of nitrogens with two attached hydrogens (primary N) is 1. The molecule has 0 saturated carbocycles. The van der Waals surface area contributed by atoms with Gasteiger partial charge in [-0.05, 0) is 26.3 Å². The molecule has 4 nitrogen and oxygen atoms in total. The predicted octanol–water partition coefficient (Wildman–Crippen LogP) is 2.10. The molecule has 2 rings (SSSR count). The van der Waals surface area contributed by atoms with Gasteiger partial charge in [-0.15, -0.1) is 0 Å². The summed E-state index contributed by atoms with van der Waals surface area (Å²) in [5, 5.41) is 13.6. The van der Waals surface area contributed by atoms with Gasteiger partial charge >= 0.3 is 0 Å². The first-order valence-corrected chi connectivity index (χ1v) is 6.72. The smallest absolute Gasteiger partial charge is 0.134 e. The van der Waals surface area contributed by atoms with Crippen molar-refractivity contribution in [2.24, 2.45) is 5.73 Å². The molecule has 19 heavy (non-hydrogen) atoms. The third kappa shape index (κ3) is 2.97. The molecule has 4 N–H and O–H groups in total. The van der Waals surface area contributed by atoms with Crippen LogP contribution in [0.25, 0.3) is 11.0 Å². The van der Waals surface area contributed by atoms with Crippen molar-refractivity contribution in [1.82, 2.24) is 5.32 Å². The maximum atomic E-state index is 8.99. The zero-order chi connectivity index (χ0) is 13.8. The predicted molar refractivity (Wildman–Crippen MR) is 77.0 cm³/mol. The topological polar surface area (TPSA) is 71.4 Å². The lowest BCUT2D eigenvalue weighted by Gasteiger charge is -2.21. The van der Waals surface area contributed by atoms with Gasteiger partial charge in [0, 0.05) is 36.2 Å². The van der Waals surface area contributed by atoms with E-state index in [0.717, 1.165) is 22.3 Å². The SMILES string of the molecule is Cc1oc2ccccc2c1C(CN)NC(C)CCO. The summed E-state index contributed by atoms with van der Waals surface area (Å²) in [6, 6.07) is 8.26. The Kier molecular flexibility index (Phi) is 4.58. The molecule has 2 aromatic rings. The fourth-order valence-electron chi connectivity index (χ4n) is 2.51. The Labute approximate surface area is 113 Å². The van der Waals surface area contributed by atoms with Crippen molar-refractivity contribution in [3.63, 3.8) is 0 Å². The lowest BCUT2D eigenvalue weighted by Crippen LogP contribution is -2.35. The number of hydrogen-bond donors (Lipinski definition) is 3. The van der Waals surface area contributed by atoms with Crippen LogP contribution in [-0.4, -0.2) is 24.3 Å². The molecule has 2 unspecified atom stereocenters. The number of nitrogens with one attached hydrogen (secondary N) is 1. The first-order valence-electron chi connectivity index (χ1n) is 6.72. The summed E-state index contributed by atoms with van der Waals surface area (Å²) in [4.78, 5) is 0. The zero-order valence-corrected chi connectivity index (χ0v) is 11.5. The molecule has 0 saturated heterocycles. The Morgan fingerprint density at radius 2 is 2.11 bits per heavy atom. The highest BCUT2D eigenvalue weighted by Crippen LogP contribution is 2.30. The van der Waals surface area contributed by atoms with Crippen LogP contribution in [0.2, 0.25) is 0 Å². The zero-order valence-electron chi connectivity index (χ0n) is 11.5. The monoisotopic (exact) mass is 262 g/mol. The van der Waals surface area contributed by atoms with Gasteiger partial charge in [0.2, 0.25) is 0 Å². The van der Waals surface area contributed by atoms with E-state index in [-0.39, 0.29) is 18.7 Å². The molecule has 1 aromatic carbocycles. The van der Waals surface area contributed by atoms with Gasteiger partial charge in [0.25, 0.3) is 0 Å². The van der Waals surface area contributed by atoms with Crippen LogP contribution in [0.1, 0.15) is 30.7 Å². The second kappa shape index (κ2) is 6.19. The normalized spacial score (nSPS) is 14.7. The number of rotatable bonds is 6. The molecule has 0 aliphatic carbocycles. The average molecular weight is 262 g/mol. The third-order valence-corrected chi connectivity index (χ3v) is 3.45. The molecule has 1 aromatic heterocycles. The first-order chi connectivity index (χ1) is 9.17. The van der Waals surface area contributed by atoms with Gasteiger partial charge in [-0.1, -0.05) is 18.2 Å². The summed E-state index contributed by atoms with van der Waals surface area (Å²) in [5.41, 5.74) is 7.92. The second-order valence-corrected chi connectivity index (χ2v) is 4.94. The van der Waals surface area contributed by atoms with E-state index < -0.39 is 0 Å². The van der Waals surface area contributed by atoms with Gasteiger partial charge in [-0.25, -0.2) is 0 Å². The molecule has 0 aliphatic rings. The standard InChI is InChI=1S/C15H22N2O2/c1-10(7-8-18)17-13(9-16)15-11(2)19-14-6-4-3-5-12(14)15/h3-6,10,13,17-18H,7-9,16H2,1-2H3. The maximum absolute atomic E-state index is 8.99. The van der Waals surface area contributed by atoms with E-state index in [1.165, 1.54) is 0 Å². The van der Waals surface area contributed by atoms with Gasteiger partial charge in [0.1, 0.15) is 11.3 Å². The molecule has 4 heteroatoms. The lowest BCUT2D eigenvalue weighted by atomic mass is 10.0. The number of aryl methyl sites for hydroxylation is 1. The summed E-state index contributed by atoms with van der Waals surface area (Å²) < 4.78 is 5.78. The molecule has 0 amide bonds. The molecule has 104 valence electrons. The van der Waals surface area contributed by atoms with Crippen molar-refractivity contribution in [3.8, 4) is 0 Å². The summed E-state index contributed by atoms with van der Waals surface area (Å²) in [7, 11) is 0. The summed E-state index contributed by atoms with van der Waals surface area (Å²) in [6.07, 6.45) is 0.714. The highest BCUT2D eigenvalue weighted by atomic mass is 16.3. The quantitative estimate of drug-likeness (QED) is 0.745. The van der Waals surface area contributed by atoms with Gasteiger partial charge in [0.15, 0.2) is 0 Å². The number of benzene rings is 1. The first kappa shape index (κ1) is 14.1. The molecular weight excluding hydrogens is 240 g/mol. The Morgan fingerprint density at radius 1 is 1.37 bits per heavy atom. The third-order valence-electron chi connectivity index (χ3n) is 3.45. The van der Waals surface area contributed by atoms with Crippen LogP contribution in [0.3, 0.4) is 0 Å². The number of aliphatic hydroxyl groups excluding tert-OH is 1. The number of aliphatic hydroxyl groups is 1. The van der Waals surface area contributed by atoms with E-state index in [9.17, 15) is 0 Å². The van der Waals surface area contributed by atoms with Crippen molar-refractivity contribution in [2.45, 2.75) is 32.4 Å². The Hall–Kier alpha value is -1.36. The van der Waals surface area contributed by atoms with E-state index in [1.807, 2.05) is 25.1 Å². The molecule has 0 fully saturated rings. The molecule has 2 atom stereocenters. The molecule has 1 heterocycles. The van der Waals surface area contributed by atoms with Crippen LogP contribution in [0.15, 0.2) is 28.7 Å². The van der Waals surface area contributed by atoms with Gasteiger partial charge in [0.05, 0.1) is 0 Å². The van der Waals surface area contributed by atoms with Crippen molar-refractivity contribution in [3.05, 3.63) is 35.6 Å². The highest BCUT2D eigenvalue weighted by molar-refractivity contribution is 5.82. The summed E-state index contributed by atoms with van der Waals surface area (Å²) in [6.45, 7) is 4.70. The minimum Gasteiger partial charge on any atom is -0.461 e. The van der Waals surface area contributed by atoms with Gasteiger partial charge in [-0.3, -0.25) is 0 Å². The van der Waals surface area contributed by atoms with Crippen molar-refractivity contribution in [2.75, 3.05) is 13.2 Å². The summed E-state index contributed by atoms with van der Waals surface area (Å²) in [5.74, 6) is 0.903. The molecule has 0 spiro atoms. The summed E-state index contributed by atoms with van der Waals surface area (Å²) >= 11 is 0. The van der Waals surface area contributed by atoms with Crippen LogP contribution in [0.5, 0.6) is 0 Å².